The molecule has 0 saturated heterocycles. The lowest BCUT2D eigenvalue weighted by Crippen LogP contribution is -2.39. The minimum absolute atomic E-state index is 0.00356. The number of carbonyl (C=O) groups is 2. The number of Topliss-reactive ketones (excluding diaryl/α,β-unsaturated/α-hetero) is 1. The highest BCUT2D eigenvalue weighted by atomic mass is 16.5. The van der Waals surface area contributed by atoms with Crippen molar-refractivity contribution >= 4 is 11.7 Å². The summed E-state index contributed by atoms with van der Waals surface area (Å²) in [5, 5.41) is 9.60. The van der Waals surface area contributed by atoms with Crippen LogP contribution in [0.5, 0.6) is 11.5 Å². The summed E-state index contributed by atoms with van der Waals surface area (Å²) in [6, 6.07) is 4.89. The summed E-state index contributed by atoms with van der Waals surface area (Å²) >= 11 is 0. The minimum atomic E-state index is -0.599. The SMILES string of the molecule is COc1cc(C2C3=C(OC4CCCCC4C3=O)C(=O)N2CCO)ccc1OCC(C)C. The van der Waals surface area contributed by atoms with Gasteiger partial charge in [-0.05, 0) is 42.9 Å². The number of amides is 1. The molecule has 3 unspecified atom stereocenters. The van der Waals surface area contributed by atoms with Crippen LogP contribution in [0.2, 0.25) is 0 Å². The molecule has 1 fully saturated rings. The van der Waals surface area contributed by atoms with Crippen LogP contribution in [-0.2, 0) is 14.3 Å². The maximum Gasteiger partial charge on any atom is 0.290 e. The number of aliphatic hydroxyl groups is 1. The first-order chi connectivity index (χ1) is 15.0. The maximum atomic E-state index is 13.5. The van der Waals surface area contributed by atoms with E-state index in [4.69, 9.17) is 14.2 Å². The first-order valence-electron chi connectivity index (χ1n) is 11.1. The number of aliphatic hydroxyl groups excluding tert-OH is 1. The van der Waals surface area contributed by atoms with Gasteiger partial charge in [0.05, 0.1) is 37.9 Å². The van der Waals surface area contributed by atoms with E-state index in [1.54, 1.807) is 7.11 Å². The molecule has 168 valence electrons. The van der Waals surface area contributed by atoms with Gasteiger partial charge in [-0.1, -0.05) is 26.3 Å². The van der Waals surface area contributed by atoms with Crippen molar-refractivity contribution < 1.29 is 28.9 Å². The number of fused-ring (bicyclic) bond motifs is 1. The zero-order valence-corrected chi connectivity index (χ0v) is 18.4. The summed E-state index contributed by atoms with van der Waals surface area (Å²) in [7, 11) is 1.57. The Morgan fingerprint density at radius 3 is 2.68 bits per heavy atom. The van der Waals surface area contributed by atoms with Crippen molar-refractivity contribution in [3.63, 3.8) is 0 Å². The lowest BCUT2D eigenvalue weighted by atomic mass is 9.77. The highest BCUT2D eigenvalue weighted by Gasteiger charge is 2.51. The lowest BCUT2D eigenvalue weighted by Gasteiger charge is -2.35. The second kappa shape index (κ2) is 8.91. The summed E-state index contributed by atoms with van der Waals surface area (Å²) in [6.45, 7) is 4.61. The number of hydrogen-bond acceptors (Lipinski definition) is 6. The third-order valence-corrected chi connectivity index (χ3v) is 6.28. The Labute approximate surface area is 183 Å². The predicted molar refractivity (Wildman–Crippen MR) is 114 cm³/mol. The Morgan fingerprint density at radius 1 is 1.19 bits per heavy atom. The van der Waals surface area contributed by atoms with Crippen molar-refractivity contribution in [1.29, 1.82) is 0 Å². The standard InChI is InChI=1S/C24H31NO6/c1-14(2)13-30-18-9-8-15(12-19(18)29-3)21-20-22(27)16-6-4-5-7-17(16)31-23(20)24(28)25(21)10-11-26/h8-9,12,14,16-17,21,26H,4-7,10-11,13H2,1-3H3. The van der Waals surface area contributed by atoms with Crippen LogP contribution in [0.15, 0.2) is 29.5 Å². The summed E-state index contributed by atoms with van der Waals surface area (Å²) in [6.07, 6.45) is 3.35. The van der Waals surface area contributed by atoms with E-state index in [9.17, 15) is 14.7 Å². The van der Waals surface area contributed by atoms with Crippen LogP contribution < -0.4 is 9.47 Å². The van der Waals surface area contributed by atoms with E-state index in [-0.39, 0.29) is 42.6 Å². The topological polar surface area (TPSA) is 85.3 Å². The molecule has 31 heavy (non-hydrogen) atoms. The summed E-state index contributed by atoms with van der Waals surface area (Å²) in [4.78, 5) is 28.2. The van der Waals surface area contributed by atoms with Gasteiger partial charge in [-0.2, -0.15) is 0 Å². The van der Waals surface area contributed by atoms with Gasteiger partial charge in [0.2, 0.25) is 0 Å². The monoisotopic (exact) mass is 429 g/mol. The Balaban J connectivity index is 1.73. The summed E-state index contributed by atoms with van der Waals surface area (Å²) < 4.78 is 17.5. The lowest BCUT2D eigenvalue weighted by molar-refractivity contribution is -0.135. The quantitative estimate of drug-likeness (QED) is 0.717. The first kappa shape index (κ1) is 21.7. The van der Waals surface area contributed by atoms with Crippen LogP contribution in [0.4, 0.5) is 0 Å². The molecular weight excluding hydrogens is 398 g/mol. The number of methoxy groups -OCH3 is 1. The molecule has 1 amide bonds. The van der Waals surface area contributed by atoms with Gasteiger partial charge < -0.3 is 24.2 Å². The van der Waals surface area contributed by atoms with E-state index in [0.29, 0.717) is 29.6 Å². The van der Waals surface area contributed by atoms with E-state index in [1.807, 2.05) is 18.2 Å². The first-order valence-corrected chi connectivity index (χ1v) is 11.1. The zero-order valence-electron chi connectivity index (χ0n) is 18.4. The molecule has 0 bridgehead atoms. The second-order valence-corrected chi connectivity index (χ2v) is 8.89. The van der Waals surface area contributed by atoms with Gasteiger partial charge in [-0.15, -0.1) is 0 Å². The fraction of sp³-hybridized carbons (Fsp3) is 0.583. The number of nitrogens with zero attached hydrogens (tertiary/aromatic N) is 1. The maximum absolute atomic E-state index is 13.5. The molecule has 3 atom stereocenters. The average Bonchev–Trinajstić information content (AvgIpc) is 3.04. The Kier molecular flexibility index (Phi) is 6.23. The Morgan fingerprint density at radius 2 is 1.97 bits per heavy atom. The number of rotatable bonds is 7. The van der Waals surface area contributed by atoms with E-state index in [0.717, 1.165) is 31.2 Å². The summed E-state index contributed by atoms with van der Waals surface area (Å²) in [5.74, 6) is 1.16. The molecule has 2 aliphatic heterocycles. The molecular formula is C24H31NO6. The molecule has 1 aromatic rings. The third-order valence-electron chi connectivity index (χ3n) is 6.28. The van der Waals surface area contributed by atoms with Crippen LogP contribution in [0.1, 0.15) is 51.1 Å². The Hall–Kier alpha value is -2.54. The van der Waals surface area contributed by atoms with E-state index in [2.05, 4.69) is 13.8 Å². The van der Waals surface area contributed by atoms with Gasteiger partial charge in [0, 0.05) is 6.54 Å². The molecule has 0 radical (unpaired) electrons. The third kappa shape index (κ3) is 3.91. The van der Waals surface area contributed by atoms with Crippen molar-refractivity contribution in [3.8, 4) is 11.5 Å². The molecule has 7 heteroatoms. The highest BCUT2D eigenvalue weighted by Crippen LogP contribution is 2.47. The molecule has 3 aliphatic rings. The van der Waals surface area contributed by atoms with Gasteiger partial charge in [-0.25, -0.2) is 0 Å². The van der Waals surface area contributed by atoms with E-state index in [1.165, 1.54) is 4.90 Å². The highest BCUT2D eigenvalue weighted by molar-refractivity contribution is 6.11. The molecule has 0 spiro atoms. The smallest absolute Gasteiger partial charge is 0.290 e. The number of β-amino-alcohol motifs (C(OH)–C–C–N with tert-alkyl or cyclic N) is 1. The van der Waals surface area contributed by atoms with Crippen molar-refractivity contribution in [1.82, 2.24) is 4.90 Å². The molecule has 7 nitrogen and oxygen atoms in total. The molecule has 1 saturated carbocycles. The fourth-order valence-electron chi connectivity index (χ4n) is 4.81. The van der Waals surface area contributed by atoms with Crippen LogP contribution in [-0.4, -0.2) is 54.7 Å². The number of carbonyl (C=O) groups excluding carboxylic acids is 2. The normalized spacial score (nSPS) is 25.5. The summed E-state index contributed by atoms with van der Waals surface area (Å²) in [5.41, 5.74) is 1.16. The molecule has 4 rings (SSSR count). The van der Waals surface area contributed by atoms with E-state index < -0.39 is 6.04 Å². The largest absolute Gasteiger partial charge is 0.493 e. The van der Waals surface area contributed by atoms with Crippen LogP contribution >= 0.6 is 0 Å². The van der Waals surface area contributed by atoms with Gasteiger partial charge in [0.1, 0.15) is 6.10 Å². The number of hydrogen-bond donors (Lipinski definition) is 1. The van der Waals surface area contributed by atoms with Crippen molar-refractivity contribution in [2.75, 3.05) is 26.9 Å². The minimum Gasteiger partial charge on any atom is -0.493 e. The molecule has 1 aromatic carbocycles. The van der Waals surface area contributed by atoms with Crippen molar-refractivity contribution in [2.24, 2.45) is 11.8 Å². The van der Waals surface area contributed by atoms with E-state index >= 15 is 0 Å². The predicted octanol–water partition coefficient (Wildman–Crippen LogP) is 3.02. The Bertz CT molecular complexity index is 892. The van der Waals surface area contributed by atoms with Gasteiger partial charge in [0.15, 0.2) is 23.0 Å². The number of ether oxygens (including phenoxy) is 3. The number of benzene rings is 1. The van der Waals surface area contributed by atoms with Crippen LogP contribution in [0.25, 0.3) is 0 Å². The molecule has 2 heterocycles. The number of ketones is 1. The second-order valence-electron chi connectivity index (χ2n) is 8.89. The van der Waals surface area contributed by atoms with Gasteiger partial charge in [-0.3, -0.25) is 9.59 Å². The zero-order chi connectivity index (χ0) is 22.1. The van der Waals surface area contributed by atoms with Crippen molar-refractivity contribution in [2.45, 2.75) is 51.7 Å². The van der Waals surface area contributed by atoms with Crippen LogP contribution in [0.3, 0.4) is 0 Å². The molecule has 0 aromatic heterocycles. The average molecular weight is 430 g/mol. The van der Waals surface area contributed by atoms with Crippen molar-refractivity contribution in [3.05, 3.63) is 35.1 Å². The van der Waals surface area contributed by atoms with Crippen LogP contribution in [0, 0.1) is 11.8 Å². The molecule has 1 aliphatic carbocycles. The van der Waals surface area contributed by atoms with Gasteiger partial charge in [0.25, 0.3) is 5.91 Å². The van der Waals surface area contributed by atoms with Gasteiger partial charge >= 0.3 is 0 Å². The fourth-order valence-corrected chi connectivity index (χ4v) is 4.81. The molecule has 1 N–H and O–H groups in total.